The zero-order valence-electron chi connectivity index (χ0n) is 20.9. The predicted octanol–water partition coefficient (Wildman–Crippen LogP) is 7.14. The topological polar surface area (TPSA) is 90.3 Å². The summed E-state index contributed by atoms with van der Waals surface area (Å²) in [6.45, 7) is -0.0660. The Morgan fingerprint density at radius 3 is 2.52 bits per heavy atom. The van der Waals surface area contributed by atoms with Crippen molar-refractivity contribution in [1.29, 1.82) is 0 Å². The Bertz CT molecular complexity index is 1670. The van der Waals surface area contributed by atoms with E-state index >= 15 is 0 Å². The molecular formula is C28H21F4N5O3. The Hall–Kier alpha value is -5.13. The van der Waals surface area contributed by atoms with Gasteiger partial charge in [-0.25, -0.2) is 14.2 Å². The van der Waals surface area contributed by atoms with Crippen LogP contribution in [0.2, 0.25) is 0 Å². The van der Waals surface area contributed by atoms with Crippen LogP contribution in [-0.4, -0.2) is 20.6 Å². The number of anilines is 2. The minimum atomic E-state index is -4.74. The largest absolute Gasteiger partial charge is 0.488 e. The van der Waals surface area contributed by atoms with Gasteiger partial charge in [0.2, 0.25) is 5.88 Å². The fourth-order valence-corrected chi connectivity index (χ4v) is 3.91. The van der Waals surface area contributed by atoms with Crippen LogP contribution in [0.4, 0.5) is 33.7 Å². The number of aromatic nitrogens is 3. The van der Waals surface area contributed by atoms with Gasteiger partial charge < -0.3 is 24.7 Å². The van der Waals surface area contributed by atoms with E-state index in [0.717, 1.165) is 18.2 Å². The van der Waals surface area contributed by atoms with Gasteiger partial charge in [-0.1, -0.05) is 30.3 Å². The van der Waals surface area contributed by atoms with E-state index in [2.05, 4.69) is 20.6 Å². The minimum absolute atomic E-state index is 0.0660. The Kier molecular flexibility index (Phi) is 7.23. The molecule has 0 saturated carbocycles. The lowest BCUT2D eigenvalue weighted by molar-refractivity contribution is -0.139. The average Bonchev–Trinajstić information content (AvgIpc) is 3.31. The molecule has 0 bridgehead atoms. The fourth-order valence-electron chi connectivity index (χ4n) is 3.91. The number of nitrogens with one attached hydrogen (secondary N) is 2. The summed E-state index contributed by atoms with van der Waals surface area (Å²) in [4.78, 5) is 20.7. The standard InChI is InChI=1S/C28H21F4N5O3/c1-37-12-11-23-25(37)26(34-16-33-23)40-19-8-9-22(21(29)14-19)36-27(38)35-18-7-10-24(20(13-18)28(30,31)32)39-15-17-5-3-2-4-6-17/h2-14,16H,15H2,1H3,(H2,35,36,38). The molecule has 5 rings (SSSR count). The van der Waals surface area contributed by atoms with E-state index in [4.69, 9.17) is 9.47 Å². The highest BCUT2D eigenvalue weighted by molar-refractivity contribution is 6.00. The molecule has 5 aromatic rings. The van der Waals surface area contributed by atoms with E-state index in [9.17, 15) is 22.4 Å². The summed E-state index contributed by atoms with van der Waals surface area (Å²) in [6.07, 6.45) is -1.64. The summed E-state index contributed by atoms with van der Waals surface area (Å²) < 4.78 is 68.7. The van der Waals surface area contributed by atoms with Gasteiger partial charge in [-0.05, 0) is 42.0 Å². The van der Waals surface area contributed by atoms with Crippen LogP contribution in [0, 0.1) is 5.82 Å². The third-order valence-corrected chi connectivity index (χ3v) is 5.81. The molecule has 2 aromatic heterocycles. The van der Waals surface area contributed by atoms with Crippen molar-refractivity contribution in [2.75, 3.05) is 10.6 Å². The van der Waals surface area contributed by atoms with Gasteiger partial charge in [0.1, 0.15) is 35.8 Å². The van der Waals surface area contributed by atoms with Crippen LogP contribution in [0.3, 0.4) is 0 Å². The Morgan fingerprint density at radius 2 is 1.77 bits per heavy atom. The molecule has 0 aliphatic carbocycles. The van der Waals surface area contributed by atoms with E-state index in [1.54, 1.807) is 54.2 Å². The molecule has 12 heteroatoms. The molecule has 2 amide bonds. The first kappa shape index (κ1) is 26.5. The molecule has 2 heterocycles. The molecule has 40 heavy (non-hydrogen) atoms. The SMILES string of the molecule is Cn1ccc2ncnc(Oc3ccc(NC(=O)Nc4ccc(OCc5ccccc5)c(C(F)(F)F)c4)c(F)c3)c21. The molecule has 0 saturated heterocycles. The molecule has 3 aromatic carbocycles. The first-order valence-corrected chi connectivity index (χ1v) is 11.9. The molecular weight excluding hydrogens is 530 g/mol. The van der Waals surface area contributed by atoms with Crippen molar-refractivity contribution in [2.45, 2.75) is 12.8 Å². The number of hydrogen-bond donors (Lipinski definition) is 2. The Labute approximate surface area is 225 Å². The second-order valence-corrected chi connectivity index (χ2v) is 8.65. The van der Waals surface area contributed by atoms with Gasteiger partial charge in [-0.2, -0.15) is 18.2 Å². The number of carbonyl (C=O) groups is 1. The summed E-state index contributed by atoms with van der Waals surface area (Å²) in [7, 11) is 1.79. The lowest BCUT2D eigenvalue weighted by Crippen LogP contribution is -2.20. The van der Waals surface area contributed by atoms with Gasteiger partial charge in [0, 0.05) is 25.0 Å². The van der Waals surface area contributed by atoms with Crippen molar-refractivity contribution in [3.05, 3.63) is 102 Å². The average molecular weight is 552 g/mol. The van der Waals surface area contributed by atoms with Gasteiger partial charge in [0.15, 0.2) is 0 Å². The quantitative estimate of drug-likeness (QED) is 0.210. The number of aryl methyl sites for hydroxylation is 1. The number of amides is 2. The molecule has 8 nitrogen and oxygen atoms in total. The van der Waals surface area contributed by atoms with Crippen molar-refractivity contribution < 1.29 is 31.8 Å². The summed E-state index contributed by atoms with van der Waals surface area (Å²) in [6, 6.07) is 16.4. The second-order valence-electron chi connectivity index (χ2n) is 8.65. The summed E-state index contributed by atoms with van der Waals surface area (Å²) in [5.74, 6) is -0.886. The molecule has 0 spiro atoms. The van der Waals surface area contributed by atoms with Crippen LogP contribution in [-0.2, 0) is 19.8 Å². The maximum absolute atomic E-state index is 14.8. The highest BCUT2D eigenvalue weighted by Gasteiger charge is 2.35. The maximum Gasteiger partial charge on any atom is 0.420 e. The number of halogens is 4. The number of ether oxygens (including phenoxy) is 2. The smallest absolute Gasteiger partial charge is 0.420 e. The molecule has 2 N–H and O–H groups in total. The molecule has 0 aliphatic rings. The van der Waals surface area contributed by atoms with Crippen molar-refractivity contribution >= 4 is 28.4 Å². The number of urea groups is 1. The summed E-state index contributed by atoms with van der Waals surface area (Å²) in [5.41, 5.74) is 0.515. The number of alkyl halides is 3. The molecule has 204 valence electrons. The van der Waals surface area contributed by atoms with Crippen LogP contribution in [0.25, 0.3) is 11.0 Å². The number of benzene rings is 3. The minimum Gasteiger partial charge on any atom is -0.488 e. The normalized spacial score (nSPS) is 11.3. The summed E-state index contributed by atoms with van der Waals surface area (Å²) >= 11 is 0. The van der Waals surface area contributed by atoms with Crippen molar-refractivity contribution in [3.63, 3.8) is 0 Å². The number of carbonyl (C=O) groups excluding carboxylic acids is 1. The first-order chi connectivity index (χ1) is 19.2. The predicted molar refractivity (Wildman–Crippen MR) is 140 cm³/mol. The van der Waals surface area contributed by atoms with Gasteiger partial charge in [-0.3, -0.25) is 0 Å². The molecule has 0 fully saturated rings. The zero-order valence-corrected chi connectivity index (χ0v) is 20.9. The fraction of sp³-hybridized carbons (Fsp3) is 0.107. The molecule has 0 atom stereocenters. The van der Waals surface area contributed by atoms with Crippen LogP contribution in [0.15, 0.2) is 85.3 Å². The first-order valence-electron chi connectivity index (χ1n) is 11.9. The highest BCUT2D eigenvalue weighted by atomic mass is 19.4. The number of rotatable bonds is 7. The second kappa shape index (κ2) is 10.9. The van der Waals surface area contributed by atoms with Crippen molar-refractivity contribution in [1.82, 2.24) is 14.5 Å². The lowest BCUT2D eigenvalue weighted by atomic mass is 10.1. The van der Waals surface area contributed by atoms with Crippen LogP contribution in [0.1, 0.15) is 11.1 Å². The zero-order chi connectivity index (χ0) is 28.3. The molecule has 0 unspecified atom stereocenters. The van der Waals surface area contributed by atoms with E-state index in [1.165, 1.54) is 24.5 Å². The van der Waals surface area contributed by atoms with Crippen LogP contribution < -0.4 is 20.1 Å². The lowest BCUT2D eigenvalue weighted by Gasteiger charge is -2.16. The Morgan fingerprint density at radius 1 is 0.975 bits per heavy atom. The monoisotopic (exact) mass is 551 g/mol. The molecule has 0 aliphatic heterocycles. The number of fused-ring (bicyclic) bond motifs is 1. The Balaban J connectivity index is 1.26. The third kappa shape index (κ3) is 5.96. The highest BCUT2D eigenvalue weighted by Crippen LogP contribution is 2.38. The van der Waals surface area contributed by atoms with E-state index in [0.29, 0.717) is 16.6 Å². The van der Waals surface area contributed by atoms with E-state index < -0.39 is 23.6 Å². The van der Waals surface area contributed by atoms with E-state index in [1.807, 2.05) is 0 Å². The number of hydrogen-bond acceptors (Lipinski definition) is 5. The van der Waals surface area contributed by atoms with Gasteiger partial charge in [-0.15, -0.1) is 0 Å². The van der Waals surface area contributed by atoms with Gasteiger partial charge >= 0.3 is 12.2 Å². The van der Waals surface area contributed by atoms with Gasteiger partial charge in [0.25, 0.3) is 0 Å². The number of nitrogens with zero attached hydrogens (tertiary/aromatic N) is 3. The molecule has 0 radical (unpaired) electrons. The van der Waals surface area contributed by atoms with Crippen molar-refractivity contribution in [3.8, 4) is 17.4 Å². The third-order valence-electron chi connectivity index (χ3n) is 5.81. The van der Waals surface area contributed by atoms with Crippen LogP contribution >= 0.6 is 0 Å². The maximum atomic E-state index is 14.8. The van der Waals surface area contributed by atoms with Gasteiger partial charge in [0.05, 0.1) is 16.8 Å². The van der Waals surface area contributed by atoms with E-state index in [-0.39, 0.29) is 35.4 Å². The van der Waals surface area contributed by atoms with Crippen LogP contribution in [0.5, 0.6) is 17.4 Å². The summed E-state index contributed by atoms with van der Waals surface area (Å²) in [5, 5.41) is 4.57. The van der Waals surface area contributed by atoms with Crippen molar-refractivity contribution in [2.24, 2.45) is 7.05 Å².